The van der Waals surface area contributed by atoms with E-state index in [0.717, 1.165) is 18.7 Å². The number of nitrogens with zero attached hydrogens (tertiary/aromatic N) is 2. The Labute approximate surface area is 127 Å². The van der Waals surface area contributed by atoms with Crippen molar-refractivity contribution in [2.75, 3.05) is 19.7 Å². The fraction of sp³-hybridized carbons (Fsp3) is 0.267. The summed E-state index contributed by atoms with van der Waals surface area (Å²) in [4.78, 5) is 10.9. The highest BCUT2D eigenvalue weighted by Gasteiger charge is 2.16. The normalized spacial score (nSPS) is 17.9. The molecule has 22 heavy (non-hydrogen) atoms. The molecule has 1 amide bonds. The molecule has 1 aliphatic rings. The number of nitrogens with two attached hydrogens (primary N) is 1. The Balaban J connectivity index is 1.73. The lowest BCUT2D eigenvalue weighted by Crippen LogP contribution is -2.33. The molecule has 0 aliphatic carbocycles. The zero-order chi connectivity index (χ0) is 15.4. The summed E-state index contributed by atoms with van der Waals surface area (Å²) in [6.45, 7) is 2.33. The number of ether oxygens (including phenoxy) is 2. The third-order valence-electron chi connectivity index (χ3n) is 3.27. The number of hydrogen-bond donors (Lipinski definition) is 2. The zero-order valence-corrected chi connectivity index (χ0v) is 11.9. The fourth-order valence-corrected chi connectivity index (χ4v) is 2.18. The quantitative estimate of drug-likeness (QED) is 0.875. The van der Waals surface area contributed by atoms with Gasteiger partial charge in [-0.05, 0) is 23.8 Å². The first-order valence-electron chi connectivity index (χ1n) is 6.96. The molecule has 0 spiro atoms. The van der Waals surface area contributed by atoms with Crippen molar-refractivity contribution in [3.63, 3.8) is 0 Å². The number of carbonyl (C=O) groups excluding carboxylic acids is 1. The average Bonchev–Trinajstić information content (AvgIpc) is 2.56. The van der Waals surface area contributed by atoms with Crippen LogP contribution in [0, 0.1) is 0 Å². The molecule has 1 atom stereocenters. The molecule has 7 nitrogen and oxygen atoms in total. The summed E-state index contributed by atoms with van der Waals surface area (Å²) in [5.41, 5.74) is 6.25. The molecule has 1 saturated heterocycles. The Morgan fingerprint density at radius 2 is 2.23 bits per heavy atom. The van der Waals surface area contributed by atoms with Crippen molar-refractivity contribution in [3.8, 4) is 11.6 Å². The maximum Gasteiger partial charge on any atom is 0.269 e. The molecule has 114 valence electrons. The second kappa shape index (κ2) is 6.50. The molecule has 1 aromatic carbocycles. The Morgan fingerprint density at radius 1 is 1.32 bits per heavy atom. The van der Waals surface area contributed by atoms with Crippen LogP contribution in [0.25, 0.3) is 0 Å². The minimum absolute atomic E-state index is 0.0145. The van der Waals surface area contributed by atoms with E-state index in [1.54, 1.807) is 6.07 Å². The maximum atomic E-state index is 10.9. The molecule has 2 aromatic rings. The van der Waals surface area contributed by atoms with Crippen molar-refractivity contribution in [2.24, 2.45) is 5.73 Å². The van der Waals surface area contributed by atoms with Crippen molar-refractivity contribution < 1.29 is 14.3 Å². The monoisotopic (exact) mass is 300 g/mol. The van der Waals surface area contributed by atoms with Crippen molar-refractivity contribution in [2.45, 2.75) is 6.10 Å². The third-order valence-corrected chi connectivity index (χ3v) is 3.27. The van der Waals surface area contributed by atoms with Crippen LogP contribution in [0.3, 0.4) is 0 Å². The predicted molar refractivity (Wildman–Crippen MR) is 78.6 cm³/mol. The molecule has 0 bridgehead atoms. The van der Waals surface area contributed by atoms with Gasteiger partial charge in [-0.25, -0.2) is 0 Å². The lowest BCUT2D eigenvalue weighted by atomic mass is 10.1. The van der Waals surface area contributed by atoms with E-state index < -0.39 is 5.91 Å². The molecule has 0 saturated carbocycles. The topological polar surface area (TPSA) is 99.4 Å². The highest BCUT2D eigenvalue weighted by Crippen LogP contribution is 2.25. The SMILES string of the molecule is NC(=O)c1ccc(Oc2cccc(C3CNCCO3)c2)nn1. The Morgan fingerprint density at radius 3 is 2.91 bits per heavy atom. The van der Waals surface area contributed by atoms with E-state index in [9.17, 15) is 4.79 Å². The van der Waals surface area contributed by atoms with Crippen molar-refractivity contribution >= 4 is 5.91 Å². The number of aromatic nitrogens is 2. The summed E-state index contributed by atoms with van der Waals surface area (Å²) in [6.07, 6.45) is 0.0145. The van der Waals surface area contributed by atoms with Gasteiger partial charge in [-0.3, -0.25) is 4.79 Å². The van der Waals surface area contributed by atoms with Crippen LogP contribution in [0.15, 0.2) is 36.4 Å². The Hall–Kier alpha value is -2.51. The number of nitrogens with one attached hydrogen (secondary N) is 1. The Bertz CT molecular complexity index is 654. The van der Waals surface area contributed by atoms with Gasteiger partial charge in [0.05, 0.1) is 12.7 Å². The summed E-state index contributed by atoms with van der Waals surface area (Å²) < 4.78 is 11.4. The van der Waals surface area contributed by atoms with Crippen LogP contribution in [-0.2, 0) is 4.74 Å². The number of amides is 1. The fourth-order valence-electron chi connectivity index (χ4n) is 2.18. The molecular formula is C15H16N4O3. The molecule has 1 aromatic heterocycles. The molecule has 1 aliphatic heterocycles. The van der Waals surface area contributed by atoms with Crippen LogP contribution in [0.4, 0.5) is 0 Å². The van der Waals surface area contributed by atoms with E-state index in [4.69, 9.17) is 15.2 Å². The van der Waals surface area contributed by atoms with Crippen LogP contribution in [0.1, 0.15) is 22.2 Å². The summed E-state index contributed by atoms with van der Waals surface area (Å²) in [6, 6.07) is 10.6. The van der Waals surface area contributed by atoms with Crippen molar-refractivity contribution in [1.82, 2.24) is 15.5 Å². The molecular weight excluding hydrogens is 284 g/mol. The van der Waals surface area contributed by atoms with Gasteiger partial charge in [0.15, 0.2) is 5.69 Å². The van der Waals surface area contributed by atoms with Crippen molar-refractivity contribution in [3.05, 3.63) is 47.7 Å². The molecule has 1 fully saturated rings. The standard InChI is InChI=1S/C15H16N4O3/c16-15(20)12-4-5-14(19-18-12)22-11-3-1-2-10(8-11)13-9-17-6-7-21-13/h1-5,8,13,17H,6-7,9H2,(H2,16,20). The van der Waals surface area contributed by atoms with Gasteiger partial charge in [0.2, 0.25) is 5.88 Å². The van der Waals surface area contributed by atoms with Crippen molar-refractivity contribution in [1.29, 1.82) is 0 Å². The van der Waals surface area contributed by atoms with Crippen LogP contribution in [0.2, 0.25) is 0 Å². The smallest absolute Gasteiger partial charge is 0.269 e. The molecule has 3 rings (SSSR count). The van der Waals surface area contributed by atoms with E-state index in [-0.39, 0.29) is 11.8 Å². The minimum atomic E-state index is -0.622. The first kappa shape index (κ1) is 14.4. The summed E-state index contributed by atoms with van der Waals surface area (Å²) in [7, 11) is 0. The predicted octanol–water partition coefficient (Wildman–Crippen LogP) is 1.03. The van der Waals surface area contributed by atoms with Crippen LogP contribution in [0.5, 0.6) is 11.6 Å². The number of carbonyl (C=O) groups is 1. The maximum absolute atomic E-state index is 10.9. The first-order chi connectivity index (χ1) is 10.7. The van der Waals surface area contributed by atoms with Gasteiger partial charge in [-0.1, -0.05) is 12.1 Å². The van der Waals surface area contributed by atoms with Gasteiger partial charge in [0.25, 0.3) is 5.91 Å². The summed E-state index contributed by atoms with van der Waals surface area (Å²) in [5, 5.41) is 10.8. The molecule has 2 heterocycles. The first-order valence-corrected chi connectivity index (χ1v) is 6.96. The number of hydrogen-bond acceptors (Lipinski definition) is 6. The summed E-state index contributed by atoms with van der Waals surface area (Å²) >= 11 is 0. The van der Waals surface area contributed by atoms with Crippen LogP contribution >= 0.6 is 0 Å². The number of benzene rings is 1. The van der Waals surface area contributed by atoms with Crippen LogP contribution in [-0.4, -0.2) is 35.8 Å². The van der Waals surface area contributed by atoms with Gasteiger partial charge >= 0.3 is 0 Å². The second-order valence-electron chi connectivity index (χ2n) is 4.86. The van der Waals surface area contributed by atoms with E-state index >= 15 is 0 Å². The number of rotatable bonds is 4. The lowest BCUT2D eigenvalue weighted by Gasteiger charge is -2.24. The second-order valence-corrected chi connectivity index (χ2v) is 4.86. The summed E-state index contributed by atoms with van der Waals surface area (Å²) in [5.74, 6) is 0.306. The average molecular weight is 300 g/mol. The zero-order valence-electron chi connectivity index (χ0n) is 11.9. The molecule has 7 heteroatoms. The van der Waals surface area contributed by atoms with Gasteiger partial charge in [-0.2, -0.15) is 0 Å². The van der Waals surface area contributed by atoms with Crippen LogP contribution < -0.4 is 15.8 Å². The Kier molecular flexibility index (Phi) is 4.27. The molecule has 3 N–H and O–H groups in total. The van der Waals surface area contributed by atoms with E-state index in [1.165, 1.54) is 6.07 Å². The van der Waals surface area contributed by atoms with Gasteiger partial charge in [-0.15, -0.1) is 10.2 Å². The van der Waals surface area contributed by atoms with Gasteiger partial charge in [0.1, 0.15) is 5.75 Å². The molecule has 0 radical (unpaired) electrons. The number of morpholine rings is 1. The third kappa shape index (κ3) is 3.38. The largest absolute Gasteiger partial charge is 0.438 e. The van der Waals surface area contributed by atoms with Gasteiger partial charge in [0, 0.05) is 19.2 Å². The minimum Gasteiger partial charge on any atom is -0.438 e. The highest BCUT2D eigenvalue weighted by molar-refractivity contribution is 5.90. The lowest BCUT2D eigenvalue weighted by molar-refractivity contribution is 0.0276. The van der Waals surface area contributed by atoms with E-state index in [1.807, 2.05) is 24.3 Å². The molecule has 1 unspecified atom stereocenters. The highest BCUT2D eigenvalue weighted by atomic mass is 16.5. The van der Waals surface area contributed by atoms with Gasteiger partial charge < -0.3 is 20.5 Å². The van der Waals surface area contributed by atoms with E-state index in [0.29, 0.717) is 18.2 Å². The van der Waals surface area contributed by atoms with E-state index in [2.05, 4.69) is 15.5 Å². The number of primary amides is 1.